The van der Waals surface area contributed by atoms with Gasteiger partial charge in [-0.05, 0) is 61.7 Å². The molecule has 0 atom stereocenters. The van der Waals surface area contributed by atoms with E-state index < -0.39 is 0 Å². The molecule has 0 saturated heterocycles. The first-order valence-corrected chi connectivity index (χ1v) is 9.74. The average Bonchev–Trinajstić information content (AvgIpc) is 2.74. The molecule has 2 aromatic rings. The maximum Gasteiger partial charge on any atom is 0.251 e. The normalized spacial score (nSPS) is 10.6. The molecule has 6 nitrogen and oxygen atoms in total. The van der Waals surface area contributed by atoms with E-state index in [-0.39, 0.29) is 11.8 Å². The van der Waals surface area contributed by atoms with E-state index in [9.17, 15) is 9.59 Å². The Hall–Kier alpha value is -3.28. The molecule has 2 aromatic carbocycles. The van der Waals surface area contributed by atoms with E-state index in [2.05, 4.69) is 10.6 Å². The van der Waals surface area contributed by atoms with Crippen molar-refractivity contribution >= 4 is 17.9 Å². The fourth-order valence-corrected chi connectivity index (χ4v) is 2.70. The number of carbonyl (C=O) groups excluding carboxylic acids is 2. The quantitative estimate of drug-likeness (QED) is 0.605. The molecule has 0 saturated carbocycles. The van der Waals surface area contributed by atoms with Crippen molar-refractivity contribution < 1.29 is 19.1 Å². The Kier molecular flexibility index (Phi) is 8.76. The zero-order valence-electron chi connectivity index (χ0n) is 17.2. The van der Waals surface area contributed by atoms with E-state index in [1.807, 2.05) is 32.0 Å². The molecule has 0 fully saturated rings. The lowest BCUT2D eigenvalue weighted by molar-refractivity contribution is -0.116. The Bertz CT molecular complexity index is 844. The van der Waals surface area contributed by atoms with Crippen molar-refractivity contribution in [3.8, 4) is 11.5 Å². The van der Waals surface area contributed by atoms with Gasteiger partial charge in [0.15, 0.2) is 11.5 Å². The van der Waals surface area contributed by atoms with Crippen LogP contribution in [0.5, 0.6) is 11.5 Å². The molecule has 0 aromatic heterocycles. The molecule has 0 aliphatic heterocycles. The van der Waals surface area contributed by atoms with Gasteiger partial charge in [-0.2, -0.15) is 0 Å². The van der Waals surface area contributed by atoms with Gasteiger partial charge in [0, 0.05) is 25.2 Å². The first kappa shape index (κ1) is 22.0. The van der Waals surface area contributed by atoms with Crippen LogP contribution in [0, 0.1) is 0 Å². The highest BCUT2D eigenvalue weighted by Crippen LogP contribution is 2.28. The summed E-state index contributed by atoms with van der Waals surface area (Å²) in [6.07, 6.45) is 3.89. The third-order valence-corrected chi connectivity index (χ3v) is 4.15. The second-order valence-corrected chi connectivity index (χ2v) is 6.22. The summed E-state index contributed by atoms with van der Waals surface area (Å²) in [4.78, 5) is 23.6. The van der Waals surface area contributed by atoms with Crippen molar-refractivity contribution in [2.24, 2.45) is 0 Å². The molecule has 0 aliphatic carbocycles. The van der Waals surface area contributed by atoms with E-state index in [1.165, 1.54) is 6.08 Å². The van der Waals surface area contributed by atoms with Crippen LogP contribution in [0.2, 0.25) is 0 Å². The SMILES string of the molecule is CCOc1ccc(CCNC(=O)/C=C/c2ccc(C(=O)NC)cc2)cc1OCC. The Morgan fingerprint density at radius 2 is 1.66 bits per heavy atom. The van der Waals surface area contributed by atoms with Gasteiger partial charge in [0.25, 0.3) is 5.91 Å². The summed E-state index contributed by atoms with van der Waals surface area (Å²) >= 11 is 0. The summed E-state index contributed by atoms with van der Waals surface area (Å²) in [5.41, 5.74) is 2.49. The first-order valence-electron chi connectivity index (χ1n) is 9.74. The summed E-state index contributed by atoms with van der Waals surface area (Å²) in [6, 6.07) is 12.9. The van der Waals surface area contributed by atoms with Gasteiger partial charge in [-0.25, -0.2) is 0 Å². The predicted octanol–water partition coefficient (Wildman–Crippen LogP) is 3.22. The van der Waals surface area contributed by atoms with Gasteiger partial charge in [0.1, 0.15) is 0 Å². The molecular formula is C23H28N2O4. The van der Waals surface area contributed by atoms with Crippen molar-refractivity contribution in [2.45, 2.75) is 20.3 Å². The molecule has 2 amide bonds. The fourth-order valence-electron chi connectivity index (χ4n) is 2.70. The summed E-state index contributed by atoms with van der Waals surface area (Å²) in [5.74, 6) is 1.14. The van der Waals surface area contributed by atoms with Gasteiger partial charge in [-0.15, -0.1) is 0 Å². The number of carbonyl (C=O) groups is 2. The zero-order valence-corrected chi connectivity index (χ0v) is 17.2. The number of hydrogen-bond acceptors (Lipinski definition) is 4. The number of nitrogens with one attached hydrogen (secondary N) is 2. The summed E-state index contributed by atoms with van der Waals surface area (Å²) in [5, 5.41) is 5.44. The summed E-state index contributed by atoms with van der Waals surface area (Å²) in [6.45, 7) is 5.52. The zero-order chi connectivity index (χ0) is 21.1. The molecule has 0 heterocycles. The standard InChI is InChI=1S/C23H28N2O4/c1-4-28-20-12-8-18(16-21(20)29-5-2)14-15-25-22(26)13-9-17-6-10-19(11-7-17)23(27)24-3/h6-13,16H,4-5,14-15H2,1-3H3,(H,24,27)(H,25,26)/b13-9+. The third kappa shape index (κ3) is 6.99. The number of amides is 2. The second kappa shape index (κ2) is 11.5. The van der Waals surface area contributed by atoms with Gasteiger partial charge in [0.2, 0.25) is 5.91 Å². The maximum atomic E-state index is 12.0. The van der Waals surface area contributed by atoms with Crippen LogP contribution in [0.25, 0.3) is 6.08 Å². The Balaban J connectivity index is 1.85. The molecule has 6 heteroatoms. The number of ether oxygens (including phenoxy) is 2. The highest BCUT2D eigenvalue weighted by Gasteiger charge is 2.06. The van der Waals surface area contributed by atoms with E-state index in [1.54, 1.807) is 37.4 Å². The molecule has 2 rings (SSSR count). The number of hydrogen-bond donors (Lipinski definition) is 2. The van der Waals surface area contributed by atoms with Crippen LogP contribution in [0.15, 0.2) is 48.5 Å². The number of benzene rings is 2. The second-order valence-electron chi connectivity index (χ2n) is 6.22. The van der Waals surface area contributed by atoms with Gasteiger partial charge in [0.05, 0.1) is 13.2 Å². The van der Waals surface area contributed by atoms with Crippen molar-refractivity contribution in [2.75, 3.05) is 26.8 Å². The summed E-state index contributed by atoms with van der Waals surface area (Å²) < 4.78 is 11.2. The highest BCUT2D eigenvalue weighted by molar-refractivity contribution is 5.94. The fraction of sp³-hybridized carbons (Fsp3) is 0.304. The lowest BCUT2D eigenvalue weighted by atomic mass is 10.1. The van der Waals surface area contributed by atoms with E-state index >= 15 is 0 Å². The van der Waals surface area contributed by atoms with Crippen molar-refractivity contribution in [1.29, 1.82) is 0 Å². The Morgan fingerprint density at radius 3 is 2.31 bits per heavy atom. The molecule has 0 aliphatic rings. The molecule has 154 valence electrons. The van der Waals surface area contributed by atoms with Crippen LogP contribution in [0.4, 0.5) is 0 Å². The highest BCUT2D eigenvalue weighted by atomic mass is 16.5. The minimum absolute atomic E-state index is 0.139. The van der Waals surface area contributed by atoms with Gasteiger partial charge < -0.3 is 20.1 Å². The lowest BCUT2D eigenvalue weighted by Crippen LogP contribution is -2.23. The van der Waals surface area contributed by atoms with Crippen molar-refractivity contribution in [3.05, 3.63) is 65.2 Å². The van der Waals surface area contributed by atoms with Gasteiger partial charge in [-0.3, -0.25) is 9.59 Å². The van der Waals surface area contributed by atoms with Crippen LogP contribution >= 0.6 is 0 Å². The smallest absolute Gasteiger partial charge is 0.251 e. The summed E-state index contributed by atoms with van der Waals surface area (Å²) in [7, 11) is 1.59. The predicted molar refractivity (Wildman–Crippen MR) is 114 cm³/mol. The monoisotopic (exact) mass is 396 g/mol. The molecule has 0 radical (unpaired) electrons. The van der Waals surface area contributed by atoms with Crippen LogP contribution in [0.3, 0.4) is 0 Å². The third-order valence-electron chi connectivity index (χ3n) is 4.15. The first-order chi connectivity index (χ1) is 14.1. The Morgan fingerprint density at radius 1 is 0.966 bits per heavy atom. The minimum atomic E-state index is -0.170. The van der Waals surface area contributed by atoms with Crippen molar-refractivity contribution in [1.82, 2.24) is 10.6 Å². The lowest BCUT2D eigenvalue weighted by Gasteiger charge is -2.12. The average molecular weight is 396 g/mol. The van der Waals surface area contributed by atoms with Crippen LogP contribution in [-0.2, 0) is 11.2 Å². The molecule has 0 unspecified atom stereocenters. The maximum absolute atomic E-state index is 12.0. The van der Waals surface area contributed by atoms with E-state index in [0.717, 1.165) is 22.6 Å². The molecule has 2 N–H and O–H groups in total. The van der Waals surface area contributed by atoms with Gasteiger partial charge >= 0.3 is 0 Å². The van der Waals surface area contributed by atoms with E-state index in [0.29, 0.717) is 31.7 Å². The molecular weight excluding hydrogens is 368 g/mol. The van der Waals surface area contributed by atoms with Crippen LogP contribution in [0.1, 0.15) is 35.3 Å². The molecule has 0 spiro atoms. The van der Waals surface area contributed by atoms with Gasteiger partial charge in [-0.1, -0.05) is 18.2 Å². The molecule has 29 heavy (non-hydrogen) atoms. The topological polar surface area (TPSA) is 76.7 Å². The van der Waals surface area contributed by atoms with E-state index in [4.69, 9.17) is 9.47 Å². The largest absolute Gasteiger partial charge is 0.490 e. The molecule has 0 bridgehead atoms. The minimum Gasteiger partial charge on any atom is -0.490 e. The van der Waals surface area contributed by atoms with Crippen LogP contribution < -0.4 is 20.1 Å². The van der Waals surface area contributed by atoms with Crippen molar-refractivity contribution in [3.63, 3.8) is 0 Å². The number of rotatable bonds is 10. The van der Waals surface area contributed by atoms with Crippen LogP contribution in [-0.4, -0.2) is 38.6 Å². The Labute approximate surface area is 171 Å².